The molecule has 0 spiro atoms. The van der Waals surface area contributed by atoms with E-state index in [-0.39, 0.29) is 17.7 Å². The van der Waals surface area contributed by atoms with Crippen molar-refractivity contribution in [1.29, 1.82) is 5.26 Å². The largest absolute Gasteiger partial charge is 0.444 e. The number of hydrogen-bond donors (Lipinski definition) is 0. The molecule has 1 rings (SSSR count). The van der Waals surface area contributed by atoms with Crippen LogP contribution in [0.2, 0.25) is 25.2 Å². The van der Waals surface area contributed by atoms with Crippen LogP contribution in [0.15, 0.2) is 0 Å². The first-order valence-electron chi connectivity index (χ1n) is 7.94. The number of carbonyl (C=O) groups is 1. The Morgan fingerprint density at radius 3 is 2.48 bits per heavy atom. The Labute approximate surface area is 130 Å². The van der Waals surface area contributed by atoms with Crippen LogP contribution in [0.4, 0.5) is 4.79 Å². The molecule has 0 aromatic rings. The van der Waals surface area contributed by atoms with Gasteiger partial charge in [-0.25, -0.2) is 4.79 Å². The van der Waals surface area contributed by atoms with Crippen LogP contribution in [0, 0.1) is 11.3 Å². The van der Waals surface area contributed by atoms with Gasteiger partial charge >= 0.3 is 6.09 Å². The van der Waals surface area contributed by atoms with Gasteiger partial charge in [-0.2, -0.15) is 5.26 Å². The van der Waals surface area contributed by atoms with Crippen LogP contribution in [0.3, 0.4) is 0 Å². The highest BCUT2D eigenvalue weighted by atomic mass is 28.3. The lowest BCUT2D eigenvalue weighted by atomic mass is 9.98. The van der Waals surface area contributed by atoms with E-state index in [2.05, 4.69) is 25.7 Å². The van der Waals surface area contributed by atoms with Crippen molar-refractivity contribution < 1.29 is 9.53 Å². The fourth-order valence-electron chi connectivity index (χ4n) is 2.68. The molecule has 1 aliphatic rings. The Hall–Kier alpha value is -1.02. The zero-order chi connectivity index (χ0) is 16.3. The summed E-state index contributed by atoms with van der Waals surface area (Å²) >= 11 is 0. The molecule has 2 atom stereocenters. The predicted octanol–water partition coefficient (Wildman–Crippen LogP) is 4.40. The van der Waals surface area contributed by atoms with E-state index in [1.54, 1.807) is 0 Å². The van der Waals surface area contributed by atoms with E-state index in [9.17, 15) is 10.1 Å². The van der Waals surface area contributed by atoms with Gasteiger partial charge in [0.15, 0.2) is 0 Å². The van der Waals surface area contributed by atoms with Gasteiger partial charge in [0.2, 0.25) is 0 Å². The molecule has 120 valence electrons. The normalized spacial score (nSPS) is 21.6. The van der Waals surface area contributed by atoms with E-state index in [1.807, 2.05) is 25.7 Å². The molecule has 0 aromatic carbocycles. The second kappa shape index (κ2) is 6.82. The molecular weight excluding hydrogens is 280 g/mol. The molecule has 1 fully saturated rings. The number of rotatable bonds is 3. The van der Waals surface area contributed by atoms with E-state index in [0.717, 1.165) is 32.2 Å². The van der Waals surface area contributed by atoms with Gasteiger partial charge in [0.25, 0.3) is 0 Å². The first-order valence-corrected chi connectivity index (χ1v) is 11.5. The van der Waals surface area contributed by atoms with Crippen LogP contribution < -0.4 is 0 Å². The number of hydrogen-bond acceptors (Lipinski definition) is 3. The minimum absolute atomic E-state index is 0.0885. The summed E-state index contributed by atoms with van der Waals surface area (Å²) in [5.41, 5.74) is -0.377. The average molecular weight is 311 g/mol. The van der Waals surface area contributed by atoms with Gasteiger partial charge in [0, 0.05) is 18.1 Å². The predicted molar refractivity (Wildman–Crippen MR) is 87.9 cm³/mol. The molecule has 2 unspecified atom stereocenters. The minimum atomic E-state index is -1.52. The van der Waals surface area contributed by atoms with Crippen LogP contribution in [-0.4, -0.2) is 37.3 Å². The van der Waals surface area contributed by atoms with Crippen LogP contribution >= 0.6 is 0 Å². The van der Waals surface area contributed by atoms with E-state index in [0.29, 0.717) is 0 Å². The van der Waals surface area contributed by atoms with Gasteiger partial charge in [-0.1, -0.05) is 19.6 Å². The molecule has 5 heteroatoms. The molecule has 1 amide bonds. The third-order valence-corrected chi connectivity index (χ3v) is 6.42. The van der Waals surface area contributed by atoms with Crippen molar-refractivity contribution in [1.82, 2.24) is 4.90 Å². The fourth-order valence-corrected chi connectivity index (χ4v) is 4.04. The van der Waals surface area contributed by atoms with Gasteiger partial charge < -0.3 is 9.64 Å². The third-order valence-electron chi connectivity index (χ3n) is 3.96. The van der Waals surface area contributed by atoms with Crippen LogP contribution in [0.1, 0.15) is 46.5 Å². The minimum Gasteiger partial charge on any atom is -0.444 e. The molecule has 21 heavy (non-hydrogen) atoms. The molecule has 0 N–H and O–H groups in total. The number of nitriles is 1. The van der Waals surface area contributed by atoms with Gasteiger partial charge in [-0.3, -0.25) is 0 Å². The summed E-state index contributed by atoms with van der Waals surface area (Å²) in [5.74, 6) is 0. The fraction of sp³-hybridized carbons (Fsp3) is 0.875. The topological polar surface area (TPSA) is 53.3 Å². The molecule has 0 aromatic heterocycles. The molecule has 4 nitrogen and oxygen atoms in total. The molecule has 1 heterocycles. The highest BCUT2D eigenvalue weighted by Gasteiger charge is 2.35. The van der Waals surface area contributed by atoms with Crippen molar-refractivity contribution in [2.45, 2.75) is 83.3 Å². The Morgan fingerprint density at radius 1 is 1.38 bits per heavy atom. The summed E-state index contributed by atoms with van der Waals surface area (Å²) in [6, 6.07) is 2.64. The third kappa shape index (κ3) is 5.70. The summed E-state index contributed by atoms with van der Waals surface area (Å²) in [4.78, 5) is 14.2. The zero-order valence-corrected chi connectivity index (χ0v) is 15.4. The lowest BCUT2D eigenvalue weighted by molar-refractivity contribution is 0.00899. The van der Waals surface area contributed by atoms with E-state index >= 15 is 0 Å². The van der Waals surface area contributed by atoms with Gasteiger partial charge in [0.05, 0.1) is 14.1 Å². The van der Waals surface area contributed by atoms with E-state index in [4.69, 9.17) is 4.74 Å². The van der Waals surface area contributed by atoms with Crippen molar-refractivity contribution in [3.8, 4) is 6.07 Å². The molecule has 1 aliphatic heterocycles. The molecule has 0 aliphatic carbocycles. The Morgan fingerprint density at radius 2 is 2.00 bits per heavy atom. The highest BCUT2D eigenvalue weighted by molar-refractivity contribution is 6.78. The maximum atomic E-state index is 12.4. The van der Waals surface area contributed by atoms with Crippen molar-refractivity contribution in [3.05, 3.63) is 0 Å². The average Bonchev–Trinajstić information content (AvgIpc) is 2.32. The number of ether oxygens (including phenoxy) is 1. The molecular formula is C16H30N2O2Si. The van der Waals surface area contributed by atoms with Crippen molar-refractivity contribution >= 4 is 14.2 Å². The SMILES string of the molecule is CC(C)(C)OC(=O)N1CCCCC1CC(C#N)[Si](C)(C)C. The van der Waals surface area contributed by atoms with Crippen molar-refractivity contribution in [2.24, 2.45) is 0 Å². The molecule has 0 bridgehead atoms. The second-order valence-corrected chi connectivity index (χ2v) is 13.5. The van der Waals surface area contributed by atoms with Crippen LogP contribution in [-0.2, 0) is 4.74 Å². The highest BCUT2D eigenvalue weighted by Crippen LogP contribution is 2.32. The number of nitrogens with zero attached hydrogens (tertiary/aromatic N) is 2. The first kappa shape index (κ1) is 18.0. The smallest absolute Gasteiger partial charge is 0.410 e. The number of likely N-dealkylation sites (tertiary alicyclic amines) is 1. The first-order chi connectivity index (χ1) is 9.54. The Bertz CT molecular complexity index is 404. The number of amides is 1. The van der Waals surface area contributed by atoms with Crippen LogP contribution in [0.25, 0.3) is 0 Å². The van der Waals surface area contributed by atoms with Crippen LogP contribution in [0.5, 0.6) is 0 Å². The molecule has 0 radical (unpaired) electrons. The number of piperidine rings is 1. The summed E-state index contributed by atoms with van der Waals surface area (Å²) in [7, 11) is -1.52. The molecule has 1 saturated heterocycles. The van der Waals surface area contributed by atoms with Crippen molar-refractivity contribution in [2.75, 3.05) is 6.54 Å². The monoisotopic (exact) mass is 310 g/mol. The Kier molecular flexibility index (Phi) is 5.86. The maximum absolute atomic E-state index is 12.4. The van der Waals surface area contributed by atoms with Gasteiger partial charge in [-0.05, 0) is 46.5 Å². The van der Waals surface area contributed by atoms with Gasteiger partial charge in [-0.15, -0.1) is 0 Å². The van der Waals surface area contributed by atoms with Gasteiger partial charge in [0.1, 0.15) is 5.60 Å². The lowest BCUT2D eigenvalue weighted by Crippen LogP contribution is -2.47. The zero-order valence-electron chi connectivity index (χ0n) is 14.4. The summed E-state index contributed by atoms with van der Waals surface area (Å²) in [5, 5.41) is 9.45. The quantitative estimate of drug-likeness (QED) is 0.726. The Balaban J connectivity index is 2.78. The standard InChI is InChI=1S/C16H30N2O2Si/c1-16(2,3)20-15(19)18-10-8-7-9-13(18)11-14(12-17)21(4,5)6/h13-14H,7-11H2,1-6H3. The van der Waals surface area contributed by atoms with Crippen molar-refractivity contribution in [3.63, 3.8) is 0 Å². The maximum Gasteiger partial charge on any atom is 0.410 e. The summed E-state index contributed by atoms with van der Waals surface area (Å²) in [6.07, 6.45) is 3.72. The van der Waals surface area contributed by atoms with E-state index in [1.165, 1.54) is 0 Å². The summed E-state index contributed by atoms with van der Waals surface area (Å²) in [6.45, 7) is 13.1. The lowest BCUT2D eigenvalue weighted by Gasteiger charge is -2.39. The van der Waals surface area contributed by atoms with E-state index < -0.39 is 13.7 Å². The summed E-state index contributed by atoms with van der Waals surface area (Å²) < 4.78 is 5.52. The second-order valence-electron chi connectivity index (χ2n) is 8.11. The molecule has 0 saturated carbocycles. The number of carbonyl (C=O) groups excluding carboxylic acids is 1.